The van der Waals surface area contributed by atoms with E-state index in [1.54, 1.807) is 6.07 Å². The summed E-state index contributed by atoms with van der Waals surface area (Å²) in [6.07, 6.45) is 0. The number of phenols is 1. The number of rotatable bonds is 1. The van der Waals surface area contributed by atoms with Crippen molar-refractivity contribution < 1.29 is 9.90 Å². The number of ketones is 1. The summed E-state index contributed by atoms with van der Waals surface area (Å²) in [7, 11) is 0. The molecule has 0 aliphatic carbocycles. The van der Waals surface area contributed by atoms with Crippen LogP contribution in [0.3, 0.4) is 0 Å². The zero-order valence-corrected chi connectivity index (χ0v) is 9.18. The predicted molar refractivity (Wildman–Crippen MR) is 55.8 cm³/mol. The second kappa shape index (κ2) is 3.62. The Hall–Kier alpha value is -0.290. The fourth-order valence-corrected chi connectivity index (χ4v) is 2.05. The average Bonchev–Trinajstić information content (AvgIpc) is 1.82. The van der Waals surface area contributed by atoms with Crippen molar-refractivity contribution in [1.29, 1.82) is 0 Å². The first-order chi connectivity index (χ1) is 5.52. The molecule has 4 heteroatoms. The largest absolute Gasteiger partial charge is 0.507 e. The van der Waals surface area contributed by atoms with Gasteiger partial charge in [0.15, 0.2) is 5.78 Å². The number of carbonyl (C=O) groups is 1. The molecule has 0 atom stereocenters. The molecule has 1 aromatic carbocycles. The average molecular weight is 296 g/mol. The number of Topliss-reactive ketones (excluding diaryl/α,β-unsaturated/α-hetero) is 1. The van der Waals surface area contributed by atoms with Crippen molar-refractivity contribution in [3.05, 3.63) is 26.3 Å². The van der Waals surface area contributed by atoms with Gasteiger partial charge in [-0.1, -0.05) is 11.6 Å². The van der Waals surface area contributed by atoms with Crippen molar-refractivity contribution in [3.8, 4) is 5.75 Å². The minimum absolute atomic E-state index is 0.0561. The quantitative estimate of drug-likeness (QED) is 0.639. The van der Waals surface area contributed by atoms with E-state index in [-0.39, 0.29) is 17.1 Å². The first kappa shape index (κ1) is 9.80. The highest BCUT2D eigenvalue weighted by Crippen LogP contribution is 2.28. The zero-order chi connectivity index (χ0) is 9.30. The highest BCUT2D eigenvalue weighted by molar-refractivity contribution is 14.1. The summed E-state index contributed by atoms with van der Waals surface area (Å²) in [5.74, 6) is -0.284. The summed E-state index contributed by atoms with van der Waals surface area (Å²) in [6.45, 7) is 1.37. The minimum Gasteiger partial charge on any atom is -0.507 e. The molecule has 0 unspecified atom stereocenters. The van der Waals surface area contributed by atoms with Gasteiger partial charge in [0.25, 0.3) is 0 Å². The van der Waals surface area contributed by atoms with Crippen LogP contribution in [0.25, 0.3) is 0 Å². The van der Waals surface area contributed by atoms with Gasteiger partial charge in [-0.2, -0.15) is 0 Å². The normalized spacial score (nSPS) is 9.92. The van der Waals surface area contributed by atoms with Crippen LogP contribution < -0.4 is 0 Å². The van der Waals surface area contributed by atoms with Gasteiger partial charge in [-0.25, -0.2) is 0 Å². The standard InChI is InChI=1S/C8H6ClIO2/c1-4(11)8-6(9)2-5(10)3-7(8)12/h2-3,12H,1H3. The molecular formula is C8H6ClIO2. The Balaban J connectivity index is 3.38. The fraction of sp³-hybridized carbons (Fsp3) is 0.125. The second-order valence-corrected chi connectivity index (χ2v) is 3.99. The van der Waals surface area contributed by atoms with E-state index < -0.39 is 0 Å². The van der Waals surface area contributed by atoms with Crippen LogP contribution >= 0.6 is 34.2 Å². The molecule has 0 amide bonds. The first-order valence-electron chi connectivity index (χ1n) is 3.21. The molecule has 0 aliphatic heterocycles. The van der Waals surface area contributed by atoms with Crippen LogP contribution in [0.5, 0.6) is 5.75 Å². The van der Waals surface area contributed by atoms with E-state index in [0.717, 1.165) is 3.57 Å². The SMILES string of the molecule is CC(=O)c1c(O)cc(I)cc1Cl. The van der Waals surface area contributed by atoms with Gasteiger partial charge >= 0.3 is 0 Å². The molecule has 0 saturated carbocycles. The maximum absolute atomic E-state index is 11.0. The van der Waals surface area contributed by atoms with E-state index in [9.17, 15) is 9.90 Å². The van der Waals surface area contributed by atoms with Gasteiger partial charge in [0.05, 0.1) is 10.6 Å². The van der Waals surface area contributed by atoms with Crippen LogP contribution in [0.2, 0.25) is 5.02 Å². The summed E-state index contributed by atoms with van der Waals surface area (Å²) in [6, 6.07) is 3.14. The zero-order valence-electron chi connectivity index (χ0n) is 6.27. The lowest BCUT2D eigenvalue weighted by molar-refractivity contribution is 0.101. The van der Waals surface area contributed by atoms with Crippen molar-refractivity contribution in [1.82, 2.24) is 0 Å². The molecule has 1 rings (SSSR count). The molecule has 0 heterocycles. The van der Waals surface area contributed by atoms with Crippen molar-refractivity contribution in [2.75, 3.05) is 0 Å². The van der Waals surface area contributed by atoms with Crippen LogP contribution in [0.1, 0.15) is 17.3 Å². The minimum atomic E-state index is -0.228. The number of carbonyl (C=O) groups excluding carboxylic acids is 1. The van der Waals surface area contributed by atoms with Crippen LogP contribution in [-0.4, -0.2) is 10.9 Å². The summed E-state index contributed by atoms with van der Waals surface area (Å²) >= 11 is 7.76. The number of hydrogen-bond acceptors (Lipinski definition) is 2. The first-order valence-corrected chi connectivity index (χ1v) is 4.67. The third-order valence-corrected chi connectivity index (χ3v) is 2.31. The molecule has 12 heavy (non-hydrogen) atoms. The van der Waals surface area contributed by atoms with Gasteiger partial charge < -0.3 is 5.11 Å². The number of hydrogen-bond donors (Lipinski definition) is 1. The number of aromatic hydroxyl groups is 1. The lowest BCUT2D eigenvalue weighted by Gasteiger charge is -2.03. The predicted octanol–water partition coefficient (Wildman–Crippen LogP) is 2.85. The highest BCUT2D eigenvalue weighted by atomic mass is 127. The van der Waals surface area contributed by atoms with Gasteiger partial charge in [0.1, 0.15) is 5.75 Å². The summed E-state index contributed by atoms with van der Waals surface area (Å²) in [5.41, 5.74) is 0.192. The monoisotopic (exact) mass is 296 g/mol. The third kappa shape index (κ3) is 1.90. The van der Waals surface area contributed by atoms with E-state index >= 15 is 0 Å². The molecule has 0 fully saturated rings. The van der Waals surface area contributed by atoms with Crippen molar-refractivity contribution in [2.45, 2.75) is 6.92 Å². The van der Waals surface area contributed by atoms with E-state index in [1.807, 2.05) is 22.6 Å². The molecule has 2 nitrogen and oxygen atoms in total. The van der Waals surface area contributed by atoms with Crippen molar-refractivity contribution in [2.24, 2.45) is 0 Å². The van der Waals surface area contributed by atoms with E-state index in [1.165, 1.54) is 13.0 Å². The molecule has 0 bridgehead atoms. The molecule has 1 N–H and O–H groups in total. The van der Waals surface area contributed by atoms with Crippen LogP contribution in [0.15, 0.2) is 12.1 Å². The van der Waals surface area contributed by atoms with E-state index in [4.69, 9.17) is 11.6 Å². The fourth-order valence-electron chi connectivity index (χ4n) is 0.909. The van der Waals surface area contributed by atoms with Gasteiger partial charge in [0, 0.05) is 3.57 Å². The lowest BCUT2D eigenvalue weighted by atomic mass is 10.1. The van der Waals surface area contributed by atoms with Gasteiger partial charge in [0.2, 0.25) is 0 Å². The molecule has 0 radical (unpaired) electrons. The Kier molecular flexibility index (Phi) is 2.95. The Morgan fingerprint density at radius 1 is 1.58 bits per heavy atom. The Morgan fingerprint density at radius 2 is 2.17 bits per heavy atom. The van der Waals surface area contributed by atoms with Crippen LogP contribution in [0, 0.1) is 3.57 Å². The number of halogens is 2. The topological polar surface area (TPSA) is 37.3 Å². The van der Waals surface area contributed by atoms with Crippen LogP contribution in [-0.2, 0) is 0 Å². The molecule has 0 saturated heterocycles. The Labute approximate surface area is 88.7 Å². The van der Waals surface area contributed by atoms with Crippen LogP contribution in [0.4, 0.5) is 0 Å². The van der Waals surface area contributed by atoms with E-state index in [2.05, 4.69) is 0 Å². The molecule has 1 aromatic rings. The van der Waals surface area contributed by atoms with Gasteiger partial charge in [-0.05, 0) is 41.6 Å². The maximum Gasteiger partial charge on any atom is 0.165 e. The van der Waals surface area contributed by atoms with Gasteiger partial charge in [-0.3, -0.25) is 4.79 Å². The molecule has 64 valence electrons. The second-order valence-electron chi connectivity index (χ2n) is 2.34. The molecule has 0 aliphatic rings. The van der Waals surface area contributed by atoms with Crippen molar-refractivity contribution in [3.63, 3.8) is 0 Å². The summed E-state index contributed by atoms with van der Waals surface area (Å²) in [4.78, 5) is 11.0. The summed E-state index contributed by atoms with van der Waals surface area (Å²) in [5, 5.41) is 9.63. The van der Waals surface area contributed by atoms with Gasteiger partial charge in [-0.15, -0.1) is 0 Å². The highest BCUT2D eigenvalue weighted by Gasteiger charge is 2.11. The lowest BCUT2D eigenvalue weighted by Crippen LogP contribution is -1.94. The number of phenolic OH excluding ortho intramolecular Hbond substituents is 1. The Morgan fingerprint density at radius 3 is 2.58 bits per heavy atom. The molecule has 0 spiro atoms. The Bertz CT molecular complexity index is 313. The molecule has 0 aromatic heterocycles. The maximum atomic E-state index is 11.0. The van der Waals surface area contributed by atoms with Crippen molar-refractivity contribution >= 4 is 40.0 Å². The smallest absolute Gasteiger partial charge is 0.165 e. The van der Waals surface area contributed by atoms with E-state index in [0.29, 0.717) is 5.02 Å². The number of benzene rings is 1. The summed E-state index contributed by atoms with van der Waals surface area (Å²) < 4.78 is 0.806. The molecular weight excluding hydrogens is 290 g/mol. The third-order valence-electron chi connectivity index (χ3n) is 1.39.